The van der Waals surface area contributed by atoms with Crippen molar-refractivity contribution in [1.29, 1.82) is 0 Å². The van der Waals surface area contributed by atoms with Crippen LogP contribution in [0.5, 0.6) is 0 Å². The zero-order valence-electron chi connectivity index (χ0n) is 11.0. The molecule has 1 atom stereocenters. The van der Waals surface area contributed by atoms with Gasteiger partial charge < -0.3 is 0 Å². The summed E-state index contributed by atoms with van der Waals surface area (Å²) in [5.74, 6) is -0.427. The summed E-state index contributed by atoms with van der Waals surface area (Å²) < 4.78 is 38.0. The van der Waals surface area contributed by atoms with E-state index in [0.717, 1.165) is 5.56 Å². The van der Waals surface area contributed by atoms with Gasteiger partial charge in [0.2, 0.25) is 9.84 Å². The Morgan fingerprint density at radius 3 is 2.10 bits per heavy atom. The number of benzene rings is 2. The average Bonchev–Trinajstić information content (AvgIpc) is 2.42. The second-order valence-corrected chi connectivity index (χ2v) is 6.45. The van der Waals surface area contributed by atoms with E-state index in [1.54, 1.807) is 12.1 Å². The fourth-order valence-electron chi connectivity index (χ4n) is 1.87. The van der Waals surface area contributed by atoms with E-state index in [9.17, 15) is 12.8 Å². The first-order chi connectivity index (χ1) is 9.45. The quantitative estimate of drug-likeness (QED) is 0.811. The molecule has 0 aliphatic carbocycles. The molecule has 3 nitrogen and oxygen atoms in total. The Hall–Kier alpha value is -2.01. The molecular weight excluding hydrogens is 277 g/mol. The van der Waals surface area contributed by atoms with E-state index in [-0.39, 0.29) is 4.90 Å². The van der Waals surface area contributed by atoms with Crippen LogP contribution >= 0.6 is 0 Å². The molecule has 0 fully saturated rings. The lowest BCUT2D eigenvalue weighted by atomic mass is 10.2. The molecule has 20 heavy (non-hydrogen) atoms. The Bertz CT molecular complexity index is 707. The van der Waals surface area contributed by atoms with Gasteiger partial charge in [-0.2, -0.15) is 0 Å². The van der Waals surface area contributed by atoms with Gasteiger partial charge in [0.1, 0.15) is 5.82 Å². The number of sulfone groups is 1. The highest BCUT2D eigenvalue weighted by Crippen LogP contribution is 2.29. The molecule has 0 aliphatic rings. The topological polar surface area (TPSA) is 46.5 Å². The fraction of sp³-hybridized carbons (Fsp3) is 0.133. The number of aliphatic imine (C=N–C) groups is 1. The minimum absolute atomic E-state index is 0.171. The molecule has 104 valence electrons. The number of hydrogen-bond acceptors (Lipinski definition) is 3. The number of aryl methyl sites for hydroxylation is 1. The molecule has 0 amide bonds. The standard InChI is InChI=1S/C15H14FNO2S/c1-11-3-9-14(10-4-11)20(18,19)15(17-2)12-5-7-13(16)8-6-12/h3-10,15H,2H2,1H3. The van der Waals surface area contributed by atoms with Gasteiger partial charge in [-0.3, -0.25) is 4.99 Å². The third-order valence-corrected chi connectivity index (χ3v) is 4.90. The van der Waals surface area contributed by atoms with Gasteiger partial charge in [-0.05, 0) is 43.5 Å². The zero-order valence-corrected chi connectivity index (χ0v) is 11.8. The second-order valence-electron chi connectivity index (χ2n) is 4.44. The smallest absolute Gasteiger partial charge is 0.205 e. The Balaban J connectivity index is 2.47. The molecule has 0 spiro atoms. The highest BCUT2D eigenvalue weighted by Gasteiger charge is 2.27. The molecule has 2 rings (SSSR count). The van der Waals surface area contributed by atoms with Gasteiger partial charge in [-0.15, -0.1) is 0 Å². The van der Waals surface area contributed by atoms with Gasteiger partial charge in [0.15, 0.2) is 5.37 Å². The second kappa shape index (κ2) is 5.54. The summed E-state index contributed by atoms with van der Waals surface area (Å²) in [4.78, 5) is 3.87. The van der Waals surface area contributed by atoms with Crippen LogP contribution in [-0.4, -0.2) is 15.1 Å². The molecule has 0 saturated carbocycles. The van der Waals surface area contributed by atoms with Crippen LogP contribution in [-0.2, 0) is 9.84 Å². The number of nitrogens with zero attached hydrogens (tertiary/aromatic N) is 1. The molecule has 0 N–H and O–H groups in total. The zero-order chi connectivity index (χ0) is 14.8. The molecule has 5 heteroatoms. The molecule has 0 radical (unpaired) electrons. The van der Waals surface area contributed by atoms with Gasteiger partial charge >= 0.3 is 0 Å². The minimum atomic E-state index is -3.69. The predicted octanol–water partition coefficient (Wildman–Crippen LogP) is 3.31. The Morgan fingerprint density at radius 1 is 1.05 bits per heavy atom. The van der Waals surface area contributed by atoms with E-state index in [4.69, 9.17) is 0 Å². The van der Waals surface area contributed by atoms with Crippen molar-refractivity contribution in [3.8, 4) is 0 Å². The Morgan fingerprint density at radius 2 is 1.60 bits per heavy atom. The monoisotopic (exact) mass is 291 g/mol. The van der Waals surface area contributed by atoms with E-state index in [2.05, 4.69) is 11.7 Å². The Kier molecular flexibility index (Phi) is 3.99. The van der Waals surface area contributed by atoms with Crippen LogP contribution in [0.3, 0.4) is 0 Å². The van der Waals surface area contributed by atoms with Crippen LogP contribution in [0, 0.1) is 12.7 Å². The summed E-state index contributed by atoms with van der Waals surface area (Å²) >= 11 is 0. The first kappa shape index (κ1) is 14.4. The summed E-state index contributed by atoms with van der Waals surface area (Å²) in [5, 5.41) is -1.13. The van der Waals surface area contributed by atoms with Crippen LogP contribution < -0.4 is 0 Å². The van der Waals surface area contributed by atoms with E-state index in [1.807, 2.05) is 6.92 Å². The lowest BCUT2D eigenvalue weighted by Gasteiger charge is -2.14. The van der Waals surface area contributed by atoms with Crippen LogP contribution in [0.2, 0.25) is 0 Å². The molecule has 0 aromatic heterocycles. The van der Waals surface area contributed by atoms with Crippen molar-refractivity contribution < 1.29 is 12.8 Å². The maximum absolute atomic E-state index is 12.9. The predicted molar refractivity (Wildman–Crippen MR) is 77.1 cm³/mol. The van der Waals surface area contributed by atoms with Crippen molar-refractivity contribution in [2.45, 2.75) is 17.2 Å². The number of halogens is 1. The van der Waals surface area contributed by atoms with Gasteiger partial charge in [0.05, 0.1) is 4.90 Å². The third kappa shape index (κ3) is 2.77. The lowest BCUT2D eigenvalue weighted by molar-refractivity contribution is 0.583. The van der Waals surface area contributed by atoms with E-state index >= 15 is 0 Å². The van der Waals surface area contributed by atoms with Crippen molar-refractivity contribution in [3.63, 3.8) is 0 Å². The molecule has 0 heterocycles. The largest absolute Gasteiger partial charge is 0.276 e. The highest BCUT2D eigenvalue weighted by atomic mass is 32.2. The van der Waals surface area contributed by atoms with Gasteiger partial charge in [-0.1, -0.05) is 29.8 Å². The molecule has 0 aliphatic heterocycles. The molecule has 1 unspecified atom stereocenters. The highest BCUT2D eigenvalue weighted by molar-refractivity contribution is 7.91. The third-order valence-electron chi connectivity index (χ3n) is 2.96. The fourth-order valence-corrected chi connectivity index (χ4v) is 3.35. The summed E-state index contributed by atoms with van der Waals surface area (Å²) in [6.07, 6.45) is 0. The SMILES string of the molecule is C=NC(c1ccc(F)cc1)S(=O)(=O)c1ccc(C)cc1. The van der Waals surface area contributed by atoms with E-state index in [1.165, 1.54) is 36.4 Å². The first-order valence-corrected chi connectivity index (χ1v) is 7.51. The number of rotatable bonds is 4. The maximum atomic E-state index is 12.9. The minimum Gasteiger partial charge on any atom is -0.276 e. The van der Waals surface area contributed by atoms with Gasteiger partial charge in [0, 0.05) is 0 Å². The van der Waals surface area contributed by atoms with E-state index < -0.39 is 21.0 Å². The summed E-state index contributed by atoms with van der Waals surface area (Å²) in [6.45, 7) is 5.22. The molecule has 0 bridgehead atoms. The lowest BCUT2D eigenvalue weighted by Crippen LogP contribution is -2.11. The number of hydrogen-bond donors (Lipinski definition) is 0. The van der Waals surface area contributed by atoms with Crippen molar-refractivity contribution in [1.82, 2.24) is 0 Å². The van der Waals surface area contributed by atoms with Crippen LogP contribution in [0.25, 0.3) is 0 Å². The van der Waals surface area contributed by atoms with Crippen LogP contribution in [0.1, 0.15) is 16.5 Å². The van der Waals surface area contributed by atoms with Crippen molar-refractivity contribution in [2.75, 3.05) is 0 Å². The normalized spacial score (nSPS) is 12.9. The van der Waals surface area contributed by atoms with Crippen LogP contribution in [0.4, 0.5) is 4.39 Å². The molecule has 2 aromatic rings. The van der Waals surface area contributed by atoms with E-state index in [0.29, 0.717) is 5.56 Å². The summed E-state index contributed by atoms with van der Waals surface area (Å²) in [5.41, 5.74) is 1.36. The average molecular weight is 291 g/mol. The van der Waals surface area contributed by atoms with Crippen molar-refractivity contribution >= 4 is 16.6 Å². The van der Waals surface area contributed by atoms with Gasteiger partial charge in [-0.25, -0.2) is 12.8 Å². The molecular formula is C15H14FNO2S. The maximum Gasteiger partial charge on any atom is 0.205 e. The van der Waals surface area contributed by atoms with Crippen molar-refractivity contribution in [2.24, 2.45) is 4.99 Å². The van der Waals surface area contributed by atoms with Gasteiger partial charge in [0.25, 0.3) is 0 Å². The van der Waals surface area contributed by atoms with Crippen LogP contribution in [0.15, 0.2) is 58.4 Å². The van der Waals surface area contributed by atoms with Crippen molar-refractivity contribution in [3.05, 3.63) is 65.5 Å². The molecule has 2 aromatic carbocycles. The molecule has 0 saturated heterocycles. The Labute approximate surface area is 117 Å². The first-order valence-electron chi connectivity index (χ1n) is 5.97. The summed E-state index contributed by atoms with van der Waals surface area (Å²) in [6, 6.07) is 11.7. The summed E-state index contributed by atoms with van der Waals surface area (Å²) in [7, 11) is -3.69.